The molecule has 3 heterocycles. The van der Waals surface area contributed by atoms with Crippen molar-refractivity contribution in [2.45, 2.75) is 38.6 Å². The van der Waals surface area contributed by atoms with Gasteiger partial charge in [0.05, 0.1) is 38.0 Å². The number of aromatic nitrogens is 1. The number of rotatable bonds is 5. The largest absolute Gasteiger partial charge is 0.331 e. The molecule has 1 aromatic heterocycles. The Morgan fingerprint density at radius 2 is 1.64 bits per heavy atom. The van der Waals surface area contributed by atoms with Gasteiger partial charge in [-0.3, -0.25) is 24.3 Å². The van der Waals surface area contributed by atoms with E-state index in [9.17, 15) is 14.4 Å². The maximum Gasteiger partial charge on any atom is 0.233 e. The van der Waals surface area contributed by atoms with E-state index in [1.54, 1.807) is 0 Å². The third kappa shape index (κ3) is 3.94. The number of piperazine rings is 1. The van der Waals surface area contributed by atoms with E-state index in [1.165, 1.54) is 15.4 Å². The SMILES string of the molecule is O=C(CCN1C(=O)[C@H]2CCCC[C@@H]2C1=O)N1CC[NH+](Cc2ccncc2)CC1. The van der Waals surface area contributed by atoms with Crippen LogP contribution < -0.4 is 4.90 Å². The fourth-order valence-corrected chi connectivity index (χ4v) is 4.86. The smallest absolute Gasteiger partial charge is 0.233 e. The second kappa shape index (κ2) is 8.39. The fraction of sp³-hybridized carbons (Fsp3) is 0.619. The maximum atomic E-state index is 12.6. The van der Waals surface area contributed by atoms with Gasteiger partial charge in [0.15, 0.2) is 0 Å². The molecule has 1 N–H and O–H groups in total. The van der Waals surface area contributed by atoms with Gasteiger partial charge in [-0.15, -0.1) is 0 Å². The lowest BCUT2D eigenvalue weighted by molar-refractivity contribution is -0.917. The van der Waals surface area contributed by atoms with Crippen LogP contribution in [0.15, 0.2) is 24.5 Å². The first-order valence-electron chi connectivity index (χ1n) is 10.5. The summed E-state index contributed by atoms with van der Waals surface area (Å²) in [5, 5.41) is 0. The van der Waals surface area contributed by atoms with Crippen LogP contribution in [0.5, 0.6) is 0 Å². The second-order valence-electron chi connectivity index (χ2n) is 8.24. The van der Waals surface area contributed by atoms with Crippen LogP contribution in [-0.2, 0) is 20.9 Å². The Morgan fingerprint density at radius 1 is 1.04 bits per heavy atom. The van der Waals surface area contributed by atoms with Crippen molar-refractivity contribution in [3.63, 3.8) is 0 Å². The van der Waals surface area contributed by atoms with E-state index >= 15 is 0 Å². The van der Waals surface area contributed by atoms with E-state index in [4.69, 9.17) is 0 Å². The van der Waals surface area contributed by atoms with Gasteiger partial charge in [0.2, 0.25) is 17.7 Å². The fourth-order valence-electron chi connectivity index (χ4n) is 4.86. The van der Waals surface area contributed by atoms with E-state index in [-0.39, 0.29) is 42.5 Å². The number of hydrogen-bond acceptors (Lipinski definition) is 4. The van der Waals surface area contributed by atoms with Crippen LogP contribution in [0.3, 0.4) is 0 Å². The van der Waals surface area contributed by atoms with Crippen molar-refractivity contribution in [1.29, 1.82) is 0 Å². The molecule has 150 valence electrons. The summed E-state index contributed by atoms with van der Waals surface area (Å²) in [4.78, 5) is 46.4. The molecule has 0 aromatic carbocycles. The first-order chi connectivity index (χ1) is 13.6. The molecule has 3 aliphatic rings. The third-order valence-electron chi connectivity index (χ3n) is 6.51. The predicted octanol–water partition coefficient (Wildman–Crippen LogP) is -0.126. The molecule has 4 rings (SSSR count). The first-order valence-corrected chi connectivity index (χ1v) is 10.5. The normalized spacial score (nSPS) is 25.9. The van der Waals surface area contributed by atoms with Gasteiger partial charge >= 0.3 is 0 Å². The average molecular weight is 385 g/mol. The minimum Gasteiger partial charge on any atom is -0.331 e. The molecular formula is C21H29N4O3+. The van der Waals surface area contributed by atoms with Crippen LogP contribution >= 0.6 is 0 Å². The van der Waals surface area contributed by atoms with Gasteiger partial charge in [-0.05, 0) is 25.0 Å². The highest BCUT2D eigenvalue weighted by molar-refractivity contribution is 6.05. The highest BCUT2D eigenvalue weighted by Crippen LogP contribution is 2.37. The minimum atomic E-state index is -0.128. The molecule has 2 aliphatic heterocycles. The standard InChI is InChI=1S/C21H28N4O3/c26-19(7-10-25-20(27)17-3-1-2-4-18(17)21(25)28)24-13-11-23(12-14-24)15-16-5-8-22-9-6-16/h5-6,8-9,17-18H,1-4,7,10-15H2/p+1/t17-,18-/m0/s1. The summed E-state index contributed by atoms with van der Waals surface area (Å²) in [6, 6.07) is 4.07. The number of hydrogen-bond donors (Lipinski definition) is 1. The zero-order valence-corrected chi connectivity index (χ0v) is 16.3. The van der Waals surface area contributed by atoms with Crippen molar-refractivity contribution in [3.05, 3.63) is 30.1 Å². The molecule has 0 bridgehead atoms. The molecule has 7 nitrogen and oxygen atoms in total. The number of nitrogens with one attached hydrogen (secondary N) is 1. The number of fused-ring (bicyclic) bond motifs is 1. The Labute approximate surface area is 165 Å². The van der Waals surface area contributed by atoms with Crippen molar-refractivity contribution in [2.75, 3.05) is 32.7 Å². The number of likely N-dealkylation sites (tertiary alicyclic amines) is 1. The quantitative estimate of drug-likeness (QED) is 0.717. The molecule has 1 aromatic rings. The predicted molar refractivity (Wildman–Crippen MR) is 102 cm³/mol. The van der Waals surface area contributed by atoms with Gasteiger partial charge < -0.3 is 9.80 Å². The summed E-state index contributed by atoms with van der Waals surface area (Å²) in [6.45, 7) is 4.48. The molecule has 2 saturated heterocycles. The molecule has 7 heteroatoms. The van der Waals surface area contributed by atoms with E-state index < -0.39 is 0 Å². The molecule has 0 radical (unpaired) electrons. The lowest BCUT2D eigenvalue weighted by Crippen LogP contribution is -3.13. The van der Waals surface area contributed by atoms with Gasteiger partial charge in [0.25, 0.3) is 0 Å². The molecular weight excluding hydrogens is 356 g/mol. The van der Waals surface area contributed by atoms with Crippen LogP contribution in [0.1, 0.15) is 37.7 Å². The number of quaternary nitrogens is 1. The summed E-state index contributed by atoms with van der Waals surface area (Å²) < 4.78 is 0. The Kier molecular flexibility index (Phi) is 5.71. The van der Waals surface area contributed by atoms with Gasteiger partial charge in [-0.25, -0.2) is 0 Å². The summed E-state index contributed by atoms with van der Waals surface area (Å²) in [7, 11) is 0. The average Bonchev–Trinajstić information content (AvgIpc) is 2.98. The molecule has 1 aliphatic carbocycles. The Morgan fingerprint density at radius 3 is 2.25 bits per heavy atom. The second-order valence-corrected chi connectivity index (χ2v) is 8.24. The van der Waals surface area contributed by atoms with Crippen LogP contribution in [-0.4, -0.2) is 65.2 Å². The molecule has 3 amide bonds. The molecule has 2 atom stereocenters. The highest BCUT2D eigenvalue weighted by Gasteiger charge is 2.47. The van der Waals surface area contributed by atoms with Gasteiger partial charge in [0.1, 0.15) is 6.54 Å². The van der Waals surface area contributed by atoms with Crippen molar-refractivity contribution < 1.29 is 19.3 Å². The van der Waals surface area contributed by atoms with Crippen molar-refractivity contribution in [2.24, 2.45) is 11.8 Å². The van der Waals surface area contributed by atoms with E-state index in [1.807, 2.05) is 29.4 Å². The van der Waals surface area contributed by atoms with Crippen LogP contribution in [0.25, 0.3) is 0 Å². The number of pyridine rings is 1. The van der Waals surface area contributed by atoms with Crippen LogP contribution in [0, 0.1) is 11.8 Å². The number of imide groups is 1. The van der Waals surface area contributed by atoms with E-state index in [2.05, 4.69) is 4.98 Å². The molecule has 3 fully saturated rings. The van der Waals surface area contributed by atoms with Gasteiger partial charge in [0, 0.05) is 30.9 Å². The highest BCUT2D eigenvalue weighted by atomic mass is 16.2. The zero-order valence-electron chi connectivity index (χ0n) is 16.3. The topological polar surface area (TPSA) is 75.0 Å². The third-order valence-corrected chi connectivity index (χ3v) is 6.51. The Balaban J connectivity index is 1.24. The van der Waals surface area contributed by atoms with Crippen molar-refractivity contribution >= 4 is 17.7 Å². The Hall–Kier alpha value is -2.28. The maximum absolute atomic E-state index is 12.6. The van der Waals surface area contributed by atoms with E-state index in [0.29, 0.717) is 0 Å². The number of carbonyl (C=O) groups is 3. The van der Waals surface area contributed by atoms with Crippen LogP contribution in [0.4, 0.5) is 0 Å². The first kappa shape index (κ1) is 19.1. The summed E-state index contributed by atoms with van der Waals surface area (Å²) in [5.74, 6) is -0.296. The molecule has 0 unspecified atom stereocenters. The number of nitrogens with zero attached hydrogens (tertiary/aromatic N) is 3. The number of amides is 3. The van der Waals surface area contributed by atoms with Gasteiger partial charge in [-0.1, -0.05) is 12.8 Å². The number of carbonyl (C=O) groups excluding carboxylic acids is 3. The lowest BCUT2D eigenvalue weighted by Gasteiger charge is -2.32. The summed E-state index contributed by atoms with van der Waals surface area (Å²) in [5.41, 5.74) is 1.26. The molecule has 28 heavy (non-hydrogen) atoms. The Bertz CT molecular complexity index is 706. The van der Waals surface area contributed by atoms with E-state index in [0.717, 1.165) is 58.4 Å². The lowest BCUT2D eigenvalue weighted by atomic mass is 9.81. The van der Waals surface area contributed by atoms with Crippen LogP contribution in [0.2, 0.25) is 0 Å². The minimum absolute atomic E-state index is 0.0471. The molecule has 0 spiro atoms. The van der Waals surface area contributed by atoms with Crippen molar-refractivity contribution in [3.8, 4) is 0 Å². The summed E-state index contributed by atoms with van der Waals surface area (Å²) >= 11 is 0. The zero-order chi connectivity index (χ0) is 19.5. The van der Waals surface area contributed by atoms with Crippen molar-refractivity contribution in [1.82, 2.24) is 14.8 Å². The summed E-state index contributed by atoms with van der Waals surface area (Å²) in [6.07, 6.45) is 7.57. The van der Waals surface area contributed by atoms with Gasteiger partial charge in [-0.2, -0.15) is 0 Å². The monoisotopic (exact) mass is 385 g/mol. The molecule has 1 saturated carbocycles.